The van der Waals surface area contributed by atoms with Crippen molar-refractivity contribution < 1.29 is 14.5 Å². The quantitative estimate of drug-likeness (QED) is 0.190. The number of thioether (sulfide) groups is 1. The van der Waals surface area contributed by atoms with Gasteiger partial charge < -0.3 is 5.32 Å². The molecule has 1 saturated heterocycles. The number of carbonyl (C=O) groups is 2. The van der Waals surface area contributed by atoms with E-state index in [1.54, 1.807) is 66.7 Å². The molecule has 35 heavy (non-hydrogen) atoms. The van der Waals surface area contributed by atoms with E-state index in [-0.39, 0.29) is 28.6 Å². The molecule has 0 aliphatic carbocycles. The second kappa shape index (κ2) is 10.5. The standard InChI is InChI=1S/C25H17BrN4O4S/c26-17-9-11-19(12-10-17)29-24(32)22(14-16-5-4-8-20(13-16)30(33)34)35-25(29)21(15-27)23(31)28-18-6-2-1-3-7-18/h1-13,22H,14H2,(H,28,31)/b25-21-/t22-/m0/s1. The van der Waals surface area contributed by atoms with E-state index in [2.05, 4.69) is 21.2 Å². The number of hydrogen-bond acceptors (Lipinski definition) is 6. The Morgan fingerprint density at radius 1 is 1.11 bits per heavy atom. The summed E-state index contributed by atoms with van der Waals surface area (Å²) in [5.41, 5.74) is 1.36. The number of nitriles is 1. The molecule has 0 aromatic heterocycles. The lowest BCUT2D eigenvalue weighted by Gasteiger charge is -2.19. The molecule has 1 N–H and O–H groups in total. The monoisotopic (exact) mass is 548 g/mol. The van der Waals surface area contributed by atoms with Gasteiger partial charge >= 0.3 is 0 Å². The molecule has 0 radical (unpaired) electrons. The number of halogens is 1. The average Bonchev–Trinajstić information content (AvgIpc) is 3.16. The maximum absolute atomic E-state index is 13.5. The number of nitro groups is 1. The predicted molar refractivity (Wildman–Crippen MR) is 138 cm³/mol. The fraction of sp³-hybridized carbons (Fsp3) is 0.0800. The Hall–Kier alpha value is -3.94. The van der Waals surface area contributed by atoms with Gasteiger partial charge in [0.1, 0.15) is 16.7 Å². The minimum absolute atomic E-state index is 0.0709. The molecule has 1 aliphatic rings. The fourth-order valence-electron chi connectivity index (χ4n) is 3.54. The van der Waals surface area contributed by atoms with Crippen LogP contribution in [0.4, 0.5) is 17.1 Å². The first-order valence-corrected chi connectivity index (χ1v) is 12.0. The molecule has 0 unspecified atom stereocenters. The number of rotatable bonds is 6. The lowest BCUT2D eigenvalue weighted by Crippen LogP contribution is -2.30. The highest BCUT2D eigenvalue weighted by molar-refractivity contribution is 9.10. The molecule has 10 heteroatoms. The van der Waals surface area contributed by atoms with Crippen molar-refractivity contribution in [2.24, 2.45) is 0 Å². The Labute approximate surface area is 213 Å². The first kappa shape index (κ1) is 24.2. The second-order valence-corrected chi connectivity index (χ2v) is 9.61. The fourth-order valence-corrected chi connectivity index (χ4v) is 5.11. The van der Waals surface area contributed by atoms with E-state index in [1.165, 1.54) is 17.0 Å². The third-order valence-corrected chi connectivity index (χ3v) is 6.96. The summed E-state index contributed by atoms with van der Waals surface area (Å²) < 4.78 is 0.807. The summed E-state index contributed by atoms with van der Waals surface area (Å²) in [5, 5.41) is 23.3. The second-order valence-electron chi connectivity index (χ2n) is 7.50. The van der Waals surface area contributed by atoms with Crippen LogP contribution in [0.2, 0.25) is 0 Å². The molecular weight excluding hydrogens is 532 g/mol. The van der Waals surface area contributed by atoms with Crippen molar-refractivity contribution in [2.75, 3.05) is 10.2 Å². The van der Waals surface area contributed by atoms with Crippen LogP contribution in [0.3, 0.4) is 0 Å². The third-order valence-electron chi connectivity index (χ3n) is 5.16. The molecule has 4 rings (SSSR count). The number of benzene rings is 3. The van der Waals surface area contributed by atoms with E-state index in [1.807, 2.05) is 6.07 Å². The van der Waals surface area contributed by atoms with E-state index in [0.29, 0.717) is 16.9 Å². The minimum atomic E-state index is -0.677. The number of nitrogens with one attached hydrogen (secondary N) is 1. The molecule has 1 atom stereocenters. The van der Waals surface area contributed by atoms with Crippen molar-refractivity contribution in [3.05, 3.63) is 110 Å². The van der Waals surface area contributed by atoms with E-state index in [4.69, 9.17) is 0 Å². The highest BCUT2D eigenvalue weighted by Gasteiger charge is 2.41. The summed E-state index contributed by atoms with van der Waals surface area (Å²) in [6, 6.07) is 23.7. The SMILES string of the molecule is N#C/C(C(=O)Nc1ccccc1)=C1/S[C@@H](Cc2cccc([N+](=O)[O-])c2)C(=O)N1c1ccc(Br)cc1. The highest BCUT2D eigenvalue weighted by Crippen LogP contribution is 2.42. The largest absolute Gasteiger partial charge is 0.321 e. The van der Waals surface area contributed by atoms with E-state index >= 15 is 0 Å². The highest BCUT2D eigenvalue weighted by atomic mass is 79.9. The molecule has 0 bridgehead atoms. The Morgan fingerprint density at radius 3 is 2.49 bits per heavy atom. The smallest absolute Gasteiger partial charge is 0.269 e. The van der Waals surface area contributed by atoms with Crippen LogP contribution in [0.15, 0.2) is 93.9 Å². The Bertz CT molecular complexity index is 1370. The van der Waals surface area contributed by atoms with Crippen LogP contribution in [0.1, 0.15) is 5.56 Å². The van der Waals surface area contributed by atoms with Crippen LogP contribution < -0.4 is 10.2 Å². The first-order chi connectivity index (χ1) is 16.9. The summed E-state index contributed by atoms with van der Waals surface area (Å²) in [4.78, 5) is 38.6. The van der Waals surface area contributed by atoms with Crippen molar-refractivity contribution in [3.8, 4) is 6.07 Å². The molecule has 1 heterocycles. The maximum atomic E-state index is 13.5. The van der Waals surface area contributed by atoms with Crippen LogP contribution in [0, 0.1) is 21.4 Å². The van der Waals surface area contributed by atoms with Crippen molar-refractivity contribution in [1.82, 2.24) is 0 Å². The van der Waals surface area contributed by atoms with Gasteiger partial charge in [0.15, 0.2) is 0 Å². The Balaban J connectivity index is 1.72. The number of anilines is 2. The number of hydrogen-bond donors (Lipinski definition) is 1. The molecule has 1 aliphatic heterocycles. The van der Waals surface area contributed by atoms with Crippen LogP contribution in [-0.4, -0.2) is 22.0 Å². The lowest BCUT2D eigenvalue weighted by molar-refractivity contribution is -0.384. The van der Waals surface area contributed by atoms with Crippen molar-refractivity contribution in [2.45, 2.75) is 11.7 Å². The first-order valence-electron chi connectivity index (χ1n) is 10.4. The van der Waals surface area contributed by atoms with Gasteiger partial charge in [-0.2, -0.15) is 5.26 Å². The minimum Gasteiger partial charge on any atom is -0.321 e. The van der Waals surface area contributed by atoms with Gasteiger partial charge in [-0.1, -0.05) is 58.0 Å². The zero-order valence-corrected chi connectivity index (χ0v) is 20.5. The van der Waals surface area contributed by atoms with Crippen molar-refractivity contribution >= 4 is 56.6 Å². The summed E-state index contributed by atoms with van der Waals surface area (Å²) in [6.07, 6.45) is 0.195. The molecule has 1 fully saturated rings. The van der Waals surface area contributed by atoms with Gasteiger partial charge in [-0.05, 0) is 48.4 Å². The summed E-state index contributed by atoms with van der Waals surface area (Å²) >= 11 is 4.47. The normalized spacial score (nSPS) is 16.5. The summed E-state index contributed by atoms with van der Waals surface area (Å²) in [5.74, 6) is -0.953. The van der Waals surface area contributed by atoms with Gasteiger partial charge in [-0.25, -0.2) is 0 Å². The molecule has 3 aromatic carbocycles. The zero-order valence-electron chi connectivity index (χ0n) is 18.1. The molecule has 8 nitrogen and oxygen atoms in total. The van der Waals surface area contributed by atoms with E-state index in [9.17, 15) is 25.0 Å². The predicted octanol–water partition coefficient (Wildman–Crippen LogP) is 5.42. The van der Waals surface area contributed by atoms with E-state index < -0.39 is 16.1 Å². The molecule has 0 spiro atoms. The van der Waals surface area contributed by atoms with Crippen molar-refractivity contribution in [3.63, 3.8) is 0 Å². The van der Waals surface area contributed by atoms with Gasteiger partial charge in [0.05, 0.1) is 10.2 Å². The molecular formula is C25H17BrN4O4S. The summed E-state index contributed by atoms with van der Waals surface area (Å²) in [6.45, 7) is 0. The average molecular weight is 549 g/mol. The van der Waals surface area contributed by atoms with Crippen LogP contribution in [-0.2, 0) is 16.0 Å². The van der Waals surface area contributed by atoms with Crippen LogP contribution >= 0.6 is 27.7 Å². The molecule has 0 saturated carbocycles. The van der Waals surface area contributed by atoms with E-state index in [0.717, 1.165) is 16.2 Å². The van der Waals surface area contributed by atoms with Gasteiger partial charge in [0.25, 0.3) is 11.6 Å². The molecule has 3 aromatic rings. The Kier molecular flexibility index (Phi) is 7.29. The number of para-hydroxylation sites is 1. The summed E-state index contributed by atoms with van der Waals surface area (Å²) in [7, 11) is 0. The number of nitro benzene ring substituents is 1. The number of carbonyl (C=O) groups excluding carboxylic acids is 2. The number of amides is 2. The van der Waals surface area contributed by atoms with Gasteiger partial charge in [-0.3, -0.25) is 24.6 Å². The molecule has 174 valence electrons. The van der Waals surface area contributed by atoms with Gasteiger partial charge in [0.2, 0.25) is 5.91 Å². The topological polar surface area (TPSA) is 116 Å². The number of nitrogens with zero attached hydrogens (tertiary/aromatic N) is 3. The van der Waals surface area contributed by atoms with Crippen LogP contribution in [0.25, 0.3) is 0 Å². The maximum Gasteiger partial charge on any atom is 0.269 e. The molecule has 2 amide bonds. The number of non-ortho nitro benzene ring substituents is 1. The van der Waals surface area contributed by atoms with Gasteiger partial charge in [0, 0.05) is 28.0 Å². The Morgan fingerprint density at radius 2 is 1.83 bits per heavy atom. The zero-order chi connectivity index (χ0) is 24.9. The van der Waals surface area contributed by atoms with Crippen molar-refractivity contribution in [1.29, 1.82) is 5.26 Å². The lowest BCUT2D eigenvalue weighted by atomic mass is 10.1. The van der Waals surface area contributed by atoms with Crippen LogP contribution in [0.5, 0.6) is 0 Å². The van der Waals surface area contributed by atoms with Gasteiger partial charge in [-0.15, -0.1) is 0 Å². The third kappa shape index (κ3) is 5.42.